The average molecular weight is 389 g/mol. The number of pyridine rings is 1. The Bertz CT molecular complexity index is 964. The van der Waals surface area contributed by atoms with E-state index in [-0.39, 0.29) is 0 Å². The second-order valence-corrected chi connectivity index (χ2v) is 7.57. The number of piperazine rings is 1. The molecule has 1 fully saturated rings. The fourth-order valence-electron chi connectivity index (χ4n) is 3.75. The van der Waals surface area contributed by atoms with Gasteiger partial charge in [0.05, 0.1) is 0 Å². The summed E-state index contributed by atoms with van der Waals surface area (Å²) in [6.45, 7) is 10.9. The first-order chi connectivity index (χ1) is 14.1. The molecule has 3 heterocycles. The topological polar surface area (TPSA) is 57.2 Å². The Balaban J connectivity index is 1.43. The average Bonchev–Trinajstić information content (AvgIpc) is 2.75. The van der Waals surface area contributed by atoms with Crippen molar-refractivity contribution in [2.75, 3.05) is 41.3 Å². The normalized spacial score (nSPS) is 14.2. The number of rotatable bonds is 5. The Morgan fingerprint density at radius 3 is 2.48 bits per heavy atom. The number of benzene rings is 1. The van der Waals surface area contributed by atoms with Crippen LogP contribution in [0.2, 0.25) is 0 Å². The maximum atomic E-state index is 4.69. The smallest absolute Gasteiger partial charge is 0.134 e. The summed E-state index contributed by atoms with van der Waals surface area (Å²) in [6, 6.07) is 12.6. The molecule has 0 aliphatic carbocycles. The van der Waals surface area contributed by atoms with Crippen LogP contribution in [0.1, 0.15) is 22.5 Å². The van der Waals surface area contributed by atoms with Gasteiger partial charge >= 0.3 is 0 Å². The predicted molar refractivity (Wildman–Crippen MR) is 119 cm³/mol. The van der Waals surface area contributed by atoms with Crippen molar-refractivity contribution >= 4 is 17.3 Å². The van der Waals surface area contributed by atoms with Gasteiger partial charge in [-0.3, -0.25) is 4.98 Å². The van der Waals surface area contributed by atoms with E-state index >= 15 is 0 Å². The summed E-state index contributed by atoms with van der Waals surface area (Å²) >= 11 is 0. The van der Waals surface area contributed by atoms with E-state index in [1.165, 1.54) is 16.8 Å². The lowest BCUT2D eigenvalue weighted by Gasteiger charge is -2.37. The fourth-order valence-corrected chi connectivity index (χ4v) is 3.75. The number of aromatic nitrogens is 3. The third-order valence-electron chi connectivity index (χ3n) is 5.54. The molecule has 6 nitrogen and oxygen atoms in total. The van der Waals surface area contributed by atoms with Gasteiger partial charge in [-0.1, -0.05) is 18.2 Å². The molecule has 29 heavy (non-hydrogen) atoms. The molecule has 2 aromatic heterocycles. The first kappa shape index (κ1) is 19.2. The highest BCUT2D eigenvalue weighted by Crippen LogP contribution is 2.25. The molecule has 1 aromatic carbocycles. The van der Waals surface area contributed by atoms with Crippen molar-refractivity contribution in [1.29, 1.82) is 0 Å². The number of nitrogens with one attached hydrogen (secondary N) is 1. The van der Waals surface area contributed by atoms with Gasteiger partial charge < -0.3 is 15.1 Å². The monoisotopic (exact) mass is 388 g/mol. The molecule has 4 rings (SSSR count). The molecule has 0 amide bonds. The summed E-state index contributed by atoms with van der Waals surface area (Å²) < 4.78 is 0. The Morgan fingerprint density at radius 2 is 1.72 bits per heavy atom. The van der Waals surface area contributed by atoms with Gasteiger partial charge in [0.25, 0.3) is 0 Å². The quantitative estimate of drug-likeness (QED) is 0.719. The zero-order valence-electron chi connectivity index (χ0n) is 17.4. The molecule has 1 saturated heterocycles. The van der Waals surface area contributed by atoms with E-state index in [4.69, 9.17) is 0 Å². The Hall–Kier alpha value is -3.15. The van der Waals surface area contributed by atoms with Gasteiger partial charge in [0.1, 0.15) is 17.5 Å². The highest BCUT2D eigenvalue weighted by molar-refractivity contribution is 5.58. The Labute approximate surface area is 172 Å². The Morgan fingerprint density at radius 1 is 0.931 bits per heavy atom. The van der Waals surface area contributed by atoms with Crippen molar-refractivity contribution in [3.8, 4) is 0 Å². The summed E-state index contributed by atoms with van der Waals surface area (Å²) in [4.78, 5) is 18.2. The second-order valence-electron chi connectivity index (χ2n) is 7.57. The molecule has 1 aliphatic heterocycles. The zero-order chi connectivity index (χ0) is 20.2. The standard InChI is InChI=1S/C23H28N6/c1-17-6-4-8-21(18(17)2)28-10-12-29(13-11-28)23-14-22(26-19(3)27-23)25-16-20-7-5-9-24-15-20/h4-9,14-15H,10-13,16H2,1-3H3,(H,25,26,27). The van der Waals surface area contributed by atoms with E-state index < -0.39 is 0 Å². The number of aryl methyl sites for hydroxylation is 2. The lowest BCUT2D eigenvalue weighted by molar-refractivity contribution is 0.644. The van der Waals surface area contributed by atoms with Gasteiger partial charge in [-0.05, 0) is 49.6 Å². The molecule has 0 bridgehead atoms. The van der Waals surface area contributed by atoms with Crippen molar-refractivity contribution in [3.63, 3.8) is 0 Å². The minimum absolute atomic E-state index is 0.699. The highest BCUT2D eigenvalue weighted by Gasteiger charge is 2.20. The zero-order valence-corrected chi connectivity index (χ0v) is 17.4. The van der Waals surface area contributed by atoms with Crippen molar-refractivity contribution < 1.29 is 0 Å². The van der Waals surface area contributed by atoms with E-state index in [1.54, 1.807) is 6.20 Å². The number of nitrogens with zero attached hydrogens (tertiary/aromatic N) is 5. The first-order valence-electron chi connectivity index (χ1n) is 10.1. The van der Waals surface area contributed by atoms with Gasteiger partial charge in [0.15, 0.2) is 0 Å². The molecule has 3 aromatic rings. The van der Waals surface area contributed by atoms with Crippen LogP contribution in [0.5, 0.6) is 0 Å². The molecule has 0 saturated carbocycles. The van der Waals surface area contributed by atoms with Crippen molar-refractivity contribution in [2.45, 2.75) is 27.3 Å². The summed E-state index contributed by atoms with van der Waals surface area (Å²) in [7, 11) is 0. The predicted octanol–water partition coefficient (Wildman–Crippen LogP) is 3.74. The number of hydrogen-bond acceptors (Lipinski definition) is 6. The van der Waals surface area contributed by atoms with E-state index in [0.29, 0.717) is 6.54 Å². The van der Waals surface area contributed by atoms with Crippen LogP contribution in [-0.4, -0.2) is 41.1 Å². The van der Waals surface area contributed by atoms with Crippen molar-refractivity contribution in [3.05, 3.63) is 71.3 Å². The van der Waals surface area contributed by atoms with Crippen LogP contribution < -0.4 is 15.1 Å². The summed E-state index contributed by atoms with van der Waals surface area (Å²) in [5, 5.41) is 3.40. The first-order valence-corrected chi connectivity index (χ1v) is 10.1. The molecule has 1 aliphatic rings. The highest BCUT2D eigenvalue weighted by atomic mass is 15.3. The number of hydrogen-bond donors (Lipinski definition) is 1. The molecular weight excluding hydrogens is 360 g/mol. The van der Waals surface area contributed by atoms with Gasteiger partial charge in [0.2, 0.25) is 0 Å². The minimum atomic E-state index is 0.699. The van der Waals surface area contributed by atoms with E-state index in [9.17, 15) is 0 Å². The van der Waals surface area contributed by atoms with Gasteiger partial charge in [-0.25, -0.2) is 9.97 Å². The SMILES string of the molecule is Cc1nc(NCc2cccnc2)cc(N2CCN(c3cccc(C)c3C)CC2)n1. The molecule has 0 radical (unpaired) electrons. The maximum Gasteiger partial charge on any atom is 0.134 e. The van der Waals surface area contributed by atoms with Crippen LogP contribution >= 0.6 is 0 Å². The van der Waals surface area contributed by atoms with Crippen LogP contribution in [0.25, 0.3) is 0 Å². The maximum absolute atomic E-state index is 4.69. The molecule has 1 N–H and O–H groups in total. The Kier molecular flexibility index (Phi) is 5.60. The van der Waals surface area contributed by atoms with Crippen molar-refractivity contribution in [1.82, 2.24) is 15.0 Å². The fraction of sp³-hybridized carbons (Fsp3) is 0.348. The van der Waals surface area contributed by atoms with Crippen LogP contribution in [0.15, 0.2) is 48.8 Å². The summed E-state index contributed by atoms with van der Waals surface area (Å²) in [5.41, 5.74) is 5.20. The molecule has 150 valence electrons. The van der Waals surface area contributed by atoms with Crippen LogP contribution in [0.4, 0.5) is 17.3 Å². The van der Waals surface area contributed by atoms with Crippen LogP contribution in [-0.2, 0) is 6.54 Å². The third-order valence-corrected chi connectivity index (χ3v) is 5.54. The van der Waals surface area contributed by atoms with Crippen LogP contribution in [0, 0.1) is 20.8 Å². The lowest BCUT2D eigenvalue weighted by Crippen LogP contribution is -2.47. The third kappa shape index (κ3) is 4.47. The van der Waals surface area contributed by atoms with Gasteiger partial charge in [-0.15, -0.1) is 0 Å². The minimum Gasteiger partial charge on any atom is -0.368 e. The molecule has 0 spiro atoms. The molecular formula is C23H28N6. The summed E-state index contributed by atoms with van der Waals surface area (Å²) in [6.07, 6.45) is 3.66. The largest absolute Gasteiger partial charge is 0.368 e. The molecule has 6 heteroatoms. The van der Waals surface area contributed by atoms with E-state index in [2.05, 4.69) is 74.2 Å². The molecule has 0 atom stereocenters. The molecule has 0 unspecified atom stereocenters. The number of anilines is 3. The van der Waals surface area contributed by atoms with E-state index in [1.807, 2.05) is 19.2 Å². The van der Waals surface area contributed by atoms with Crippen LogP contribution in [0.3, 0.4) is 0 Å². The lowest BCUT2D eigenvalue weighted by atomic mass is 10.1. The van der Waals surface area contributed by atoms with E-state index in [0.717, 1.165) is 49.2 Å². The second kappa shape index (κ2) is 8.47. The summed E-state index contributed by atoms with van der Waals surface area (Å²) in [5.74, 6) is 2.63. The van der Waals surface area contributed by atoms with Gasteiger partial charge in [0, 0.05) is 56.9 Å². The van der Waals surface area contributed by atoms with Crippen molar-refractivity contribution in [2.24, 2.45) is 0 Å². The van der Waals surface area contributed by atoms with Gasteiger partial charge in [-0.2, -0.15) is 0 Å².